The Hall–Kier alpha value is -0.950. The molecule has 0 fully saturated rings. The number of quaternary nitrogens is 1. The third kappa shape index (κ3) is 3.78. The van der Waals surface area contributed by atoms with Crippen LogP contribution in [0.15, 0.2) is 24.3 Å². The van der Waals surface area contributed by atoms with E-state index in [1.54, 1.807) is 24.3 Å². The summed E-state index contributed by atoms with van der Waals surface area (Å²) >= 11 is 0. The number of hydrogen-bond acceptors (Lipinski definition) is 3. The molecule has 0 bridgehead atoms. The zero-order chi connectivity index (χ0) is 12.9. The van der Waals surface area contributed by atoms with E-state index in [0.717, 1.165) is 5.48 Å². The van der Waals surface area contributed by atoms with E-state index in [9.17, 15) is 13.6 Å². The molecule has 0 saturated heterocycles. The maximum absolute atomic E-state index is 12.0. The van der Waals surface area contributed by atoms with Crippen LogP contribution in [0.4, 0.5) is 5.69 Å². The number of nitrogens with two attached hydrogens (primary N) is 1. The van der Waals surface area contributed by atoms with E-state index in [4.69, 9.17) is 0 Å². The van der Waals surface area contributed by atoms with Crippen LogP contribution in [-0.4, -0.2) is 25.8 Å². The Kier molecular flexibility index (Phi) is 5.07. The maximum Gasteiger partial charge on any atom is 0.218 e. The standard InChI is InChI=1S/C11H18N2O3S/c1-3-13(4-2)17(15,16)9-10-5-7-11(12-14)8-6-10/h5-8H,3-4,9,12H2,1-2H3. The summed E-state index contributed by atoms with van der Waals surface area (Å²) in [6.45, 7) is 4.59. The van der Waals surface area contributed by atoms with Crippen molar-refractivity contribution in [3.8, 4) is 0 Å². The van der Waals surface area contributed by atoms with Gasteiger partial charge in [0.1, 0.15) is 5.69 Å². The normalized spacial score (nSPS) is 12.0. The van der Waals surface area contributed by atoms with Crippen LogP contribution in [0, 0.1) is 5.21 Å². The highest BCUT2D eigenvalue weighted by molar-refractivity contribution is 7.88. The second-order valence-electron chi connectivity index (χ2n) is 3.70. The SMILES string of the molecule is CCN(CC)S(=O)(=O)Cc1ccc([NH2+][O-])cc1. The fraction of sp³-hybridized carbons (Fsp3) is 0.455. The van der Waals surface area contributed by atoms with Crippen LogP contribution in [0.2, 0.25) is 0 Å². The van der Waals surface area contributed by atoms with E-state index in [0.29, 0.717) is 24.3 Å². The van der Waals surface area contributed by atoms with Gasteiger partial charge >= 0.3 is 0 Å². The van der Waals surface area contributed by atoms with Crippen molar-refractivity contribution in [1.29, 1.82) is 0 Å². The Morgan fingerprint density at radius 2 is 1.71 bits per heavy atom. The van der Waals surface area contributed by atoms with Gasteiger partial charge < -0.3 is 10.7 Å². The third-order valence-corrected chi connectivity index (χ3v) is 4.56. The van der Waals surface area contributed by atoms with Gasteiger partial charge in [-0.2, -0.15) is 0 Å². The van der Waals surface area contributed by atoms with Crippen LogP contribution < -0.4 is 5.48 Å². The Labute approximate surface area is 102 Å². The predicted molar refractivity (Wildman–Crippen MR) is 66.9 cm³/mol. The van der Waals surface area contributed by atoms with Crippen LogP contribution in [0.5, 0.6) is 0 Å². The van der Waals surface area contributed by atoms with Gasteiger partial charge in [-0.3, -0.25) is 0 Å². The highest BCUT2D eigenvalue weighted by Gasteiger charge is 2.18. The number of hydrogen-bond donors (Lipinski definition) is 1. The van der Waals surface area contributed by atoms with Gasteiger partial charge in [-0.05, 0) is 17.7 Å². The molecule has 2 N–H and O–H groups in total. The summed E-state index contributed by atoms with van der Waals surface area (Å²) in [4.78, 5) is 0. The molecule has 6 heteroatoms. The Balaban J connectivity index is 2.82. The molecule has 0 amide bonds. The molecule has 0 spiro atoms. The summed E-state index contributed by atoms with van der Waals surface area (Å²) in [7, 11) is -3.25. The third-order valence-electron chi connectivity index (χ3n) is 2.56. The average Bonchev–Trinajstić information content (AvgIpc) is 2.30. The van der Waals surface area contributed by atoms with Crippen LogP contribution in [0.3, 0.4) is 0 Å². The smallest absolute Gasteiger partial charge is 0.218 e. The van der Waals surface area contributed by atoms with Crippen molar-refractivity contribution in [2.75, 3.05) is 13.1 Å². The van der Waals surface area contributed by atoms with Crippen molar-refractivity contribution >= 4 is 15.7 Å². The molecule has 0 aliphatic heterocycles. The number of sulfonamides is 1. The summed E-state index contributed by atoms with van der Waals surface area (Å²) in [6, 6.07) is 6.59. The lowest BCUT2D eigenvalue weighted by Gasteiger charge is -2.18. The molecule has 0 aliphatic carbocycles. The lowest BCUT2D eigenvalue weighted by atomic mass is 10.2. The molecule has 1 rings (SSSR count). The minimum absolute atomic E-state index is 0.0200. The molecule has 0 atom stereocenters. The topological polar surface area (TPSA) is 77.0 Å². The zero-order valence-electron chi connectivity index (χ0n) is 10.1. The summed E-state index contributed by atoms with van der Waals surface area (Å²) in [5, 5.41) is 10.5. The Morgan fingerprint density at radius 3 is 2.12 bits per heavy atom. The van der Waals surface area contributed by atoms with Gasteiger partial charge in [0, 0.05) is 13.1 Å². The lowest BCUT2D eigenvalue weighted by Crippen LogP contribution is -2.70. The van der Waals surface area contributed by atoms with Gasteiger partial charge in [0.05, 0.1) is 5.75 Å². The van der Waals surface area contributed by atoms with Crippen LogP contribution >= 0.6 is 0 Å². The molecule has 96 valence electrons. The van der Waals surface area contributed by atoms with E-state index in [1.807, 2.05) is 13.8 Å². The van der Waals surface area contributed by atoms with E-state index in [2.05, 4.69) is 0 Å². The Morgan fingerprint density at radius 1 is 1.18 bits per heavy atom. The van der Waals surface area contributed by atoms with Crippen LogP contribution in [-0.2, 0) is 15.8 Å². The van der Waals surface area contributed by atoms with Gasteiger partial charge in [0.25, 0.3) is 0 Å². The molecular formula is C11H18N2O3S. The first-order valence-corrected chi connectivity index (χ1v) is 7.16. The first kappa shape index (κ1) is 14.1. The number of rotatable bonds is 6. The van der Waals surface area contributed by atoms with Crippen molar-refractivity contribution in [2.24, 2.45) is 0 Å². The molecule has 0 heterocycles. The molecule has 17 heavy (non-hydrogen) atoms. The highest BCUT2D eigenvalue weighted by atomic mass is 32.2. The second-order valence-corrected chi connectivity index (χ2v) is 5.67. The van der Waals surface area contributed by atoms with E-state index >= 15 is 0 Å². The van der Waals surface area contributed by atoms with Crippen LogP contribution in [0.1, 0.15) is 19.4 Å². The number of nitrogens with zero attached hydrogens (tertiary/aromatic N) is 1. The van der Waals surface area contributed by atoms with Gasteiger partial charge in [0.15, 0.2) is 0 Å². The van der Waals surface area contributed by atoms with E-state index in [1.165, 1.54) is 4.31 Å². The summed E-state index contributed by atoms with van der Waals surface area (Å²) in [5.41, 5.74) is 1.99. The molecule has 0 saturated carbocycles. The summed E-state index contributed by atoms with van der Waals surface area (Å²) in [6.07, 6.45) is 0. The Bertz CT molecular complexity index is 438. The van der Waals surface area contributed by atoms with Crippen molar-refractivity contribution in [3.05, 3.63) is 35.0 Å². The molecule has 0 aromatic heterocycles. The fourth-order valence-electron chi connectivity index (χ4n) is 1.61. The fourth-order valence-corrected chi connectivity index (χ4v) is 3.19. The molecule has 1 aromatic rings. The molecular weight excluding hydrogens is 240 g/mol. The first-order valence-electron chi connectivity index (χ1n) is 5.55. The average molecular weight is 258 g/mol. The molecule has 5 nitrogen and oxygen atoms in total. The van der Waals surface area contributed by atoms with Gasteiger partial charge in [-0.25, -0.2) is 12.7 Å². The second kappa shape index (κ2) is 6.11. The van der Waals surface area contributed by atoms with Gasteiger partial charge in [-0.1, -0.05) is 26.0 Å². The van der Waals surface area contributed by atoms with Crippen molar-refractivity contribution in [2.45, 2.75) is 19.6 Å². The molecule has 0 radical (unpaired) electrons. The van der Waals surface area contributed by atoms with Crippen LogP contribution in [0.25, 0.3) is 0 Å². The quantitative estimate of drug-likeness (QED) is 0.598. The van der Waals surface area contributed by atoms with Crippen molar-refractivity contribution in [1.82, 2.24) is 4.31 Å². The lowest BCUT2D eigenvalue weighted by molar-refractivity contribution is -0.497. The largest absolute Gasteiger partial charge is 0.630 e. The molecule has 1 aromatic carbocycles. The van der Waals surface area contributed by atoms with Gasteiger partial charge in [-0.15, -0.1) is 0 Å². The predicted octanol–water partition coefficient (Wildman–Crippen LogP) is 0.551. The maximum atomic E-state index is 12.0. The first-order chi connectivity index (χ1) is 8.03. The highest BCUT2D eigenvalue weighted by Crippen LogP contribution is 2.12. The minimum atomic E-state index is -3.25. The summed E-state index contributed by atoms with van der Waals surface area (Å²) < 4.78 is 25.4. The summed E-state index contributed by atoms with van der Waals surface area (Å²) in [5.74, 6) is -0.0200. The van der Waals surface area contributed by atoms with Gasteiger partial charge in [0.2, 0.25) is 10.0 Å². The van der Waals surface area contributed by atoms with Crippen molar-refractivity contribution < 1.29 is 13.9 Å². The monoisotopic (exact) mass is 258 g/mol. The van der Waals surface area contributed by atoms with E-state index < -0.39 is 10.0 Å². The molecule has 0 unspecified atom stereocenters. The number of benzene rings is 1. The minimum Gasteiger partial charge on any atom is -0.630 e. The van der Waals surface area contributed by atoms with Crippen molar-refractivity contribution in [3.63, 3.8) is 0 Å². The molecule has 0 aliphatic rings. The zero-order valence-corrected chi connectivity index (χ0v) is 10.9. The van der Waals surface area contributed by atoms with E-state index in [-0.39, 0.29) is 5.75 Å².